The SMILES string of the molecule is COCCOCCCN(CCN)CCOC. The van der Waals surface area contributed by atoms with E-state index in [1.165, 1.54) is 0 Å². The van der Waals surface area contributed by atoms with Gasteiger partial charge in [-0.05, 0) is 6.42 Å². The van der Waals surface area contributed by atoms with Crippen molar-refractivity contribution in [3.05, 3.63) is 0 Å². The molecule has 0 spiro atoms. The first-order valence-corrected chi connectivity index (χ1v) is 5.83. The highest BCUT2D eigenvalue weighted by atomic mass is 16.5. The Morgan fingerprint density at radius 1 is 0.875 bits per heavy atom. The lowest BCUT2D eigenvalue weighted by Crippen LogP contribution is -2.33. The van der Waals surface area contributed by atoms with E-state index in [2.05, 4.69) is 4.90 Å². The van der Waals surface area contributed by atoms with Crippen LogP contribution in [-0.2, 0) is 14.2 Å². The standard InChI is InChI=1S/C11H26N2O3/c1-14-9-7-13(6-4-12)5-3-8-16-11-10-15-2/h3-12H2,1-2H3. The van der Waals surface area contributed by atoms with Crippen LogP contribution in [0, 0.1) is 0 Å². The number of nitrogens with zero attached hydrogens (tertiary/aromatic N) is 1. The number of hydrogen-bond donors (Lipinski definition) is 1. The van der Waals surface area contributed by atoms with Crippen LogP contribution < -0.4 is 5.73 Å². The van der Waals surface area contributed by atoms with Crippen LogP contribution in [0.3, 0.4) is 0 Å². The van der Waals surface area contributed by atoms with Crippen molar-refractivity contribution in [1.82, 2.24) is 4.90 Å². The minimum Gasteiger partial charge on any atom is -0.383 e. The van der Waals surface area contributed by atoms with Crippen molar-refractivity contribution in [1.29, 1.82) is 0 Å². The minimum absolute atomic E-state index is 0.663. The highest BCUT2D eigenvalue weighted by molar-refractivity contribution is 4.57. The summed E-state index contributed by atoms with van der Waals surface area (Å²) < 4.78 is 15.3. The molecule has 0 aromatic heterocycles. The Morgan fingerprint density at radius 2 is 1.62 bits per heavy atom. The zero-order valence-electron chi connectivity index (χ0n) is 10.6. The largest absolute Gasteiger partial charge is 0.383 e. The van der Waals surface area contributed by atoms with Gasteiger partial charge in [0.15, 0.2) is 0 Å². The highest BCUT2D eigenvalue weighted by Gasteiger charge is 2.02. The molecule has 0 heterocycles. The van der Waals surface area contributed by atoms with Gasteiger partial charge in [-0.15, -0.1) is 0 Å². The Bertz CT molecular complexity index is 136. The first-order valence-electron chi connectivity index (χ1n) is 5.83. The fourth-order valence-electron chi connectivity index (χ4n) is 1.37. The average Bonchev–Trinajstić information content (AvgIpc) is 2.30. The Balaban J connectivity index is 3.36. The lowest BCUT2D eigenvalue weighted by molar-refractivity contribution is 0.0636. The van der Waals surface area contributed by atoms with Gasteiger partial charge in [0, 0.05) is 47.0 Å². The van der Waals surface area contributed by atoms with Gasteiger partial charge in [-0.3, -0.25) is 4.90 Å². The third kappa shape index (κ3) is 10.3. The molecule has 0 aliphatic carbocycles. The van der Waals surface area contributed by atoms with Crippen molar-refractivity contribution < 1.29 is 14.2 Å². The maximum atomic E-state index is 5.54. The first kappa shape index (κ1) is 15.8. The van der Waals surface area contributed by atoms with E-state index < -0.39 is 0 Å². The second-order valence-corrected chi connectivity index (χ2v) is 3.58. The van der Waals surface area contributed by atoms with Crippen LogP contribution in [0.4, 0.5) is 0 Å². The summed E-state index contributed by atoms with van der Waals surface area (Å²) in [4.78, 5) is 2.29. The van der Waals surface area contributed by atoms with Gasteiger partial charge in [0.2, 0.25) is 0 Å². The van der Waals surface area contributed by atoms with Crippen molar-refractivity contribution in [2.24, 2.45) is 5.73 Å². The highest BCUT2D eigenvalue weighted by Crippen LogP contribution is 1.92. The van der Waals surface area contributed by atoms with Crippen LogP contribution in [0.5, 0.6) is 0 Å². The maximum Gasteiger partial charge on any atom is 0.0700 e. The van der Waals surface area contributed by atoms with Crippen molar-refractivity contribution >= 4 is 0 Å². The molecule has 0 aromatic carbocycles. The summed E-state index contributed by atoms with van der Waals surface area (Å²) in [6.45, 7) is 6.42. The second-order valence-electron chi connectivity index (χ2n) is 3.58. The van der Waals surface area contributed by atoms with E-state index in [9.17, 15) is 0 Å². The van der Waals surface area contributed by atoms with E-state index >= 15 is 0 Å². The monoisotopic (exact) mass is 234 g/mol. The fourth-order valence-corrected chi connectivity index (χ4v) is 1.37. The molecule has 0 amide bonds. The number of methoxy groups -OCH3 is 2. The summed E-state index contributed by atoms with van der Waals surface area (Å²) >= 11 is 0. The predicted octanol–water partition coefficient (Wildman–Crippen LogP) is -0.0534. The van der Waals surface area contributed by atoms with Crippen LogP contribution in [0.1, 0.15) is 6.42 Å². The topological polar surface area (TPSA) is 57.0 Å². The molecule has 98 valence electrons. The zero-order chi connectivity index (χ0) is 12.1. The number of ether oxygens (including phenoxy) is 3. The van der Waals surface area contributed by atoms with Gasteiger partial charge >= 0.3 is 0 Å². The molecule has 5 heteroatoms. The average molecular weight is 234 g/mol. The molecule has 0 saturated heterocycles. The zero-order valence-corrected chi connectivity index (χ0v) is 10.6. The molecule has 0 aromatic rings. The van der Waals surface area contributed by atoms with Gasteiger partial charge in [0.1, 0.15) is 0 Å². The van der Waals surface area contributed by atoms with Gasteiger partial charge in [-0.2, -0.15) is 0 Å². The number of rotatable bonds is 12. The molecule has 0 saturated carbocycles. The Morgan fingerprint density at radius 3 is 2.25 bits per heavy atom. The second kappa shape index (κ2) is 12.9. The lowest BCUT2D eigenvalue weighted by atomic mass is 10.3. The van der Waals surface area contributed by atoms with E-state index in [1.807, 2.05) is 0 Å². The fraction of sp³-hybridized carbons (Fsp3) is 1.00. The van der Waals surface area contributed by atoms with E-state index in [0.717, 1.165) is 39.3 Å². The molecule has 0 unspecified atom stereocenters. The van der Waals surface area contributed by atoms with Crippen molar-refractivity contribution in [2.45, 2.75) is 6.42 Å². The van der Waals surface area contributed by atoms with Crippen LogP contribution in [0.2, 0.25) is 0 Å². The summed E-state index contributed by atoms with van der Waals surface area (Å²) in [6.07, 6.45) is 1.02. The van der Waals surface area contributed by atoms with Crippen LogP contribution >= 0.6 is 0 Å². The number of hydrogen-bond acceptors (Lipinski definition) is 5. The lowest BCUT2D eigenvalue weighted by Gasteiger charge is -2.20. The first-order chi connectivity index (χ1) is 7.85. The third-order valence-corrected chi connectivity index (χ3v) is 2.25. The van der Waals surface area contributed by atoms with Gasteiger partial charge in [0.05, 0.1) is 19.8 Å². The van der Waals surface area contributed by atoms with E-state index in [0.29, 0.717) is 19.8 Å². The molecule has 0 radical (unpaired) electrons. The molecule has 2 N–H and O–H groups in total. The summed E-state index contributed by atoms with van der Waals surface area (Å²) in [5.74, 6) is 0. The quantitative estimate of drug-likeness (QED) is 0.480. The smallest absolute Gasteiger partial charge is 0.0700 e. The number of nitrogens with two attached hydrogens (primary N) is 1. The molecule has 0 bridgehead atoms. The van der Waals surface area contributed by atoms with Gasteiger partial charge in [0.25, 0.3) is 0 Å². The molecule has 0 atom stereocenters. The molecule has 16 heavy (non-hydrogen) atoms. The Labute approximate surface area is 98.8 Å². The predicted molar refractivity (Wildman–Crippen MR) is 64.7 cm³/mol. The Hall–Kier alpha value is -0.200. The van der Waals surface area contributed by atoms with Crippen molar-refractivity contribution in [2.75, 3.05) is 66.8 Å². The molecule has 0 aliphatic rings. The summed E-state index contributed by atoms with van der Waals surface area (Å²) in [5, 5.41) is 0. The Kier molecular flexibility index (Phi) is 12.7. The minimum atomic E-state index is 0.663. The van der Waals surface area contributed by atoms with E-state index in [-0.39, 0.29) is 0 Å². The molecule has 0 aliphatic heterocycles. The molecular weight excluding hydrogens is 208 g/mol. The van der Waals surface area contributed by atoms with Crippen LogP contribution in [0.25, 0.3) is 0 Å². The maximum absolute atomic E-state index is 5.54. The van der Waals surface area contributed by atoms with E-state index in [4.69, 9.17) is 19.9 Å². The van der Waals surface area contributed by atoms with Crippen LogP contribution in [0.15, 0.2) is 0 Å². The van der Waals surface area contributed by atoms with Gasteiger partial charge in [-0.25, -0.2) is 0 Å². The third-order valence-electron chi connectivity index (χ3n) is 2.25. The molecular formula is C11H26N2O3. The van der Waals surface area contributed by atoms with E-state index in [1.54, 1.807) is 14.2 Å². The molecule has 0 rings (SSSR count). The van der Waals surface area contributed by atoms with Gasteiger partial charge < -0.3 is 19.9 Å². The van der Waals surface area contributed by atoms with Gasteiger partial charge in [-0.1, -0.05) is 0 Å². The van der Waals surface area contributed by atoms with Crippen LogP contribution in [-0.4, -0.2) is 71.7 Å². The normalized spacial score (nSPS) is 11.2. The van der Waals surface area contributed by atoms with Crippen molar-refractivity contribution in [3.8, 4) is 0 Å². The summed E-state index contributed by atoms with van der Waals surface area (Å²) in [7, 11) is 3.39. The summed E-state index contributed by atoms with van der Waals surface area (Å²) in [5.41, 5.74) is 5.54. The van der Waals surface area contributed by atoms with Crippen molar-refractivity contribution in [3.63, 3.8) is 0 Å². The summed E-state index contributed by atoms with van der Waals surface area (Å²) in [6, 6.07) is 0. The molecule has 5 nitrogen and oxygen atoms in total. The molecule has 0 fully saturated rings.